The zero-order valence-electron chi connectivity index (χ0n) is 5.84. The zero-order valence-corrected chi connectivity index (χ0v) is 6.59. The van der Waals surface area contributed by atoms with Gasteiger partial charge in [-0.15, -0.1) is 0 Å². The van der Waals surface area contributed by atoms with Crippen molar-refractivity contribution in [2.75, 3.05) is 12.5 Å². The Labute approximate surface area is 68.5 Å². The first kappa shape index (κ1) is 8.03. The number of hydrazine groups is 1. The molecule has 5 nitrogen and oxygen atoms in total. The van der Waals surface area contributed by atoms with Crippen LogP contribution in [0.2, 0.25) is 5.02 Å². The van der Waals surface area contributed by atoms with Gasteiger partial charge in [-0.3, -0.25) is 5.43 Å². The minimum atomic E-state index is 0.270. The molecule has 0 bridgehead atoms. The van der Waals surface area contributed by atoms with E-state index in [0.29, 0.717) is 10.9 Å². The van der Waals surface area contributed by atoms with Gasteiger partial charge in [-0.1, -0.05) is 11.6 Å². The molecule has 0 aromatic carbocycles. The number of nitrogens with one attached hydrogen (secondary N) is 1. The molecule has 1 aromatic heterocycles. The Bertz CT molecular complexity index is 254. The lowest BCUT2D eigenvalue weighted by Crippen LogP contribution is -2.10. The third-order valence-electron chi connectivity index (χ3n) is 1.03. The number of nitrogen functional groups attached to an aromatic ring is 1. The topological polar surface area (TPSA) is 73.1 Å². The van der Waals surface area contributed by atoms with E-state index < -0.39 is 0 Å². The Hall–Kier alpha value is -1.07. The van der Waals surface area contributed by atoms with Crippen LogP contribution in [0.15, 0.2) is 6.20 Å². The number of anilines is 1. The molecule has 1 rings (SSSR count). The highest BCUT2D eigenvalue weighted by Gasteiger charge is 2.02. The van der Waals surface area contributed by atoms with E-state index in [4.69, 9.17) is 22.2 Å². The van der Waals surface area contributed by atoms with E-state index in [1.165, 1.54) is 13.3 Å². The summed E-state index contributed by atoms with van der Waals surface area (Å²) in [5, 5.41) is 0.353. The van der Waals surface area contributed by atoms with Crippen LogP contribution in [0, 0.1) is 0 Å². The number of aromatic nitrogens is 2. The van der Waals surface area contributed by atoms with Gasteiger partial charge in [0, 0.05) is 0 Å². The normalized spacial score (nSPS) is 9.36. The van der Waals surface area contributed by atoms with Crippen LogP contribution in [0.25, 0.3) is 0 Å². The highest BCUT2D eigenvalue weighted by molar-refractivity contribution is 6.31. The molecule has 0 aliphatic heterocycles. The second kappa shape index (κ2) is 3.36. The van der Waals surface area contributed by atoms with Crippen LogP contribution in [0.5, 0.6) is 5.88 Å². The molecule has 1 heterocycles. The maximum Gasteiger partial charge on any atom is 0.240 e. The smallest absolute Gasteiger partial charge is 0.240 e. The van der Waals surface area contributed by atoms with Crippen molar-refractivity contribution < 1.29 is 4.74 Å². The summed E-state index contributed by atoms with van der Waals surface area (Å²) in [6, 6.07) is 0. The summed E-state index contributed by atoms with van der Waals surface area (Å²) in [6.07, 6.45) is 1.41. The predicted octanol–water partition coefficient (Wildman–Crippen LogP) is 0.424. The van der Waals surface area contributed by atoms with Gasteiger partial charge in [0.15, 0.2) is 0 Å². The number of hydrogen-bond donors (Lipinski definition) is 2. The Morgan fingerprint density at radius 1 is 1.73 bits per heavy atom. The van der Waals surface area contributed by atoms with Crippen LogP contribution in [0.4, 0.5) is 5.95 Å². The number of halogens is 1. The molecule has 0 radical (unpaired) electrons. The standard InChI is InChI=1S/C5H7ClN4O/c1-11-4-3(6)2-8-5(9-4)10-7/h2H,7H2,1H3,(H,8,9,10). The van der Waals surface area contributed by atoms with Crippen LogP contribution in [-0.2, 0) is 0 Å². The number of methoxy groups -OCH3 is 1. The van der Waals surface area contributed by atoms with E-state index >= 15 is 0 Å². The molecule has 0 fully saturated rings. The quantitative estimate of drug-likeness (QED) is 0.502. The zero-order chi connectivity index (χ0) is 8.27. The molecular weight excluding hydrogens is 168 g/mol. The largest absolute Gasteiger partial charge is 0.480 e. The van der Waals surface area contributed by atoms with Crippen LogP contribution in [-0.4, -0.2) is 17.1 Å². The molecule has 6 heteroatoms. The molecule has 0 amide bonds. The lowest BCUT2D eigenvalue weighted by Gasteiger charge is -2.02. The maximum atomic E-state index is 5.63. The molecule has 3 N–H and O–H groups in total. The molecule has 0 unspecified atom stereocenters. The van der Waals surface area contributed by atoms with Crippen LogP contribution >= 0.6 is 11.6 Å². The Morgan fingerprint density at radius 2 is 2.45 bits per heavy atom. The lowest BCUT2D eigenvalue weighted by molar-refractivity contribution is 0.398. The Morgan fingerprint density at radius 3 is 3.00 bits per heavy atom. The highest BCUT2D eigenvalue weighted by atomic mass is 35.5. The summed E-state index contributed by atoms with van der Waals surface area (Å²) in [5.41, 5.74) is 2.27. The molecule has 1 aromatic rings. The van der Waals surface area contributed by atoms with Crippen molar-refractivity contribution in [2.24, 2.45) is 5.84 Å². The van der Waals surface area contributed by atoms with Crippen molar-refractivity contribution in [1.82, 2.24) is 9.97 Å². The first-order valence-corrected chi connectivity index (χ1v) is 3.19. The second-order valence-corrected chi connectivity index (χ2v) is 2.10. The third kappa shape index (κ3) is 1.69. The van der Waals surface area contributed by atoms with Crippen LogP contribution < -0.4 is 16.0 Å². The molecule has 0 saturated heterocycles. The molecule has 0 spiro atoms. The first-order chi connectivity index (χ1) is 5.27. The van der Waals surface area contributed by atoms with Crippen molar-refractivity contribution >= 4 is 17.5 Å². The fourth-order valence-corrected chi connectivity index (χ4v) is 0.732. The maximum absolute atomic E-state index is 5.63. The van der Waals surface area contributed by atoms with Gasteiger partial charge in [0.05, 0.1) is 13.3 Å². The van der Waals surface area contributed by atoms with E-state index in [-0.39, 0.29) is 5.95 Å². The predicted molar refractivity (Wildman–Crippen MR) is 41.4 cm³/mol. The third-order valence-corrected chi connectivity index (χ3v) is 1.29. The summed E-state index contributed by atoms with van der Waals surface area (Å²) in [7, 11) is 1.47. The molecule has 0 saturated carbocycles. The Balaban J connectivity index is 3.02. The fourth-order valence-electron chi connectivity index (χ4n) is 0.564. The minimum Gasteiger partial charge on any atom is -0.480 e. The average molecular weight is 175 g/mol. The molecular formula is C5H7ClN4O. The number of ether oxygens (including phenoxy) is 1. The van der Waals surface area contributed by atoms with Gasteiger partial charge in [0.2, 0.25) is 11.8 Å². The fraction of sp³-hybridized carbons (Fsp3) is 0.200. The van der Waals surface area contributed by atoms with Crippen LogP contribution in [0.3, 0.4) is 0 Å². The second-order valence-electron chi connectivity index (χ2n) is 1.70. The van der Waals surface area contributed by atoms with E-state index in [1.54, 1.807) is 0 Å². The molecule has 0 aliphatic rings. The van der Waals surface area contributed by atoms with Gasteiger partial charge in [-0.2, -0.15) is 4.98 Å². The molecule has 60 valence electrons. The van der Waals surface area contributed by atoms with Gasteiger partial charge in [-0.05, 0) is 0 Å². The number of rotatable bonds is 2. The molecule has 11 heavy (non-hydrogen) atoms. The lowest BCUT2D eigenvalue weighted by atomic mass is 10.6. The molecule has 0 aliphatic carbocycles. The van der Waals surface area contributed by atoms with Gasteiger partial charge in [0.1, 0.15) is 5.02 Å². The average Bonchev–Trinajstić information content (AvgIpc) is 2.05. The monoisotopic (exact) mass is 174 g/mol. The SMILES string of the molecule is COc1nc(NN)ncc1Cl. The van der Waals surface area contributed by atoms with Crippen molar-refractivity contribution in [3.05, 3.63) is 11.2 Å². The summed E-state index contributed by atoms with van der Waals surface area (Å²) in [5.74, 6) is 5.62. The summed E-state index contributed by atoms with van der Waals surface area (Å²) in [6.45, 7) is 0. The highest BCUT2D eigenvalue weighted by Crippen LogP contribution is 2.20. The van der Waals surface area contributed by atoms with Gasteiger partial charge >= 0.3 is 0 Å². The number of nitrogens with two attached hydrogens (primary N) is 1. The number of nitrogens with zero attached hydrogens (tertiary/aromatic N) is 2. The van der Waals surface area contributed by atoms with Crippen molar-refractivity contribution in [1.29, 1.82) is 0 Å². The Kier molecular flexibility index (Phi) is 2.45. The van der Waals surface area contributed by atoms with Crippen molar-refractivity contribution in [2.45, 2.75) is 0 Å². The van der Waals surface area contributed by atoms with Gasteiger partial charge < -0.3 is 4.74 Å². The molecule has 0 atom stereocenters. The summed E-state index contributed by atoms with van der Waals surface area (Å²) >= 11 is 5.63. The van der Waals surface area contributed by atoms with E-state index in [1.807, 2.05) is 0 Å². The summed E-state index contributed by atoms with van der Waals surface area (Å²) < 4.78 is 4.81. The van der Waals surface area contributed by atoms with Crippen LogP contribution in [0.1, 0.15) is 0 Å². The minimum absolute atomic E-state index is 0.270. The van der Waals surface area contributed by atoms with Gasteiger partial charge in [0.25, 0.3) is 0 Å². The van der Waals surface area contributed by atoms with E-state index in [9.17, 15) is 0 Å². The van der Waals surface area contributed by atoms with Crippen molar-refractivity contribution in [3.63, 3.8) is 0 Å². The van der Waals surface area contributed by atoms with E-state index in [0.717, 1.165) is 0 Å². The van der Waals surface area contributed by atoms with E-state index in [2.05, 4.69) is 15.4 Å². The summed E-state index contributed by atoms with van der Waals surface area (Å²) in [4.78, 5) is 7.55. The van der Waals surface area contributed by atoms with Crippen molar-refractivity contribution in [3.8, 4) is 5.88 Å². The van der Waals surface area contributed by atoms with Gasteiger partial charge in [-0.25, -0.2) is 10.8 Å². The first-order valence-electron chi connectivity index (χ1n) is 2.81. The number of hydrogen-bond acceptors (Lipinski definition) is 5.